The van der Waals surface area contributed by atoms with Gasteiger partial charge in [-0.1, -0.05) is 158 Å². The van der Waals surface area contributed by atoms with E-state index in [9.17, 15) is 0 Å². The number of imidazole rings is 4. The number of aryl methyl sites for hydroxylation is 1. The molecule has 0 atom stereocenters. The molecule has 0 N–H and O–H groups in total. The third-order valence-corrected chi connectivity index (χ3v) is 17.6. The van der Waals surface area contributed by atoms with Crippen LogP contribution in [0.2, 0.25) is 0 Å². The fourth-order valence-electron chi connectivity index (χ4n) is 10.1. The van der Waals surface area contributed by atoms with Gasteiger partial charge in [0.15, 0.2) is 13.9 Å². The number of allylic oxidation sites excluding steroid dienone is 1. The van der Waals surface area contributed by atoms with Crippen molar-refractivity contribution in [1.29, 1.82) is 0 Å². The lowest BCUT2D eigenvalue weighted by Gasteiger charge is -2.34. The molecule has 7 aromatic carbocycles. The molecular formula is C54H38N8Si. The Kier molecular flexibility index (Phi) is 7.88. The van der Waals surface area contributed by atoms with E-state index in [0.29, 0.717) is 11.6 Å². The van der Waals surface area contributed by atoms with Gasteiger partial charge in [0.25, 0.3) is 0 Å². The maximum absolute atomic E-state index is 5.48. The summed E-state index contributed by atoms with van der Waals surface area (Å²) in [6, 6.07) is 69.5. The maximum atomic E-state index is 5.48. The van der Waals surface area contributed by atoms with Gasteiger partial charge < -0.3 is 0 Å². The van der Waals surface area contributed by atoms with Gasteiger partial charge in [-0.25, -0.2) is 19.9 Å². The second-order valence-corrected chi connectivity index (χ2v) is 20.0. The van der Waals surface area contributed by atoms with Gasteiger partial charge in [0.1, 0.15) is 11.6 Å². The van der Waals surface area contributed by atoms with Crippen LogP contribution in [0.1, 0.15) is 17.8 Å². The Morgan fingerprint density at radius 3 is 1.48 bits per heavy atom. The highest BCUT2D eigenvalue weighted by Gasteiger charge is 2.41. The van der Waals surface area contributed by atoms with E-state index in [1.165, 1.54) is 26.4 Å². The van der Waals surface area contributed by atoms with Crippen LogP contribution in [0, 0.1) is 0 Å². The first-order valence-electron chi connectivity index (χ1n) is 21.5. The summed E-state index contributed by atoms with van der Waals surface area (Å²) in [6.07, 6.45) is 6.27. The molecular weight excluding hydrogens is 789 g/mol. The molecule has 12 aromatic rings. The number of fused-ring (bicyclic) bond motifs is 10. The minimum absolute atomic E-state index is 0.611. The molecule has 63 heavy (non-hydrogen) atoms. The fraction of sp³-hybridized carbons (Fsp3) is 0.0370. The first-order chi connectivity index (χ1) is 31.3. The molecule has 0 aliphatic heterocycles. The molecule has 1 aliphatic rings. The van der Waals surface area contributed by atoms with Crippen LogP contribution in [0.5, 0.6) is 0 Å². The number of benzene rings is 7. The normalized spacial score (nSPS) is 12.9. The molecule has 0 spiro atoms. The molecule has 0 bridgehead atoms. The van der Waals surface area contributed by atoms with Gasteiger partial charge in [-0.05, 0) is 76.1 Å². The van der Waals surface area contributed by atoms with E-state index in [4.69, 9.17) is 19.9 Å². The Hall–Kier alpha value is -8.14. The topological polar surface area (TPSA) is 70.2 Å². The van der Waals surface area contributed by atoms with Crippen LogP contribution in [0.15, 0.2) is 200 Å². The minimum atomic E-state index is -2.75. The third-order valence-electron chi connectivity index (χ3n) is 12.8. The molecule has 298 valence electrons. The largest absolute Gasteiger partial charge is 0.280 e. The number of hydrogen-bond donors (Lipinski definition) is 0. The van der Waals surface area contributed by atoms with Gasteiger partial charge in [-0.2, -0.15) is 0 Å². The van der Waals surface area contributed by atoms with Gasteiger partial charge in [0.2, 0.25) is 11.6 Å². The predicted molar refractivity (Wildman–Crippen MR) is 257 cm³/mol. The van der Waals surface area contributed by atoms with Gasteiger partial charge >= 0.3 is 0 Å². The standard InChI is InChI=1S/C54H38N8Si/c1-4-18-38(19-5-1)63(39-20-6-2-7-21-39,40-22-8-3-9-23-40)41-34-32-37(33-35-41)52-57-50(61-48-30-16-14-28-46(48)59-44-26-12-10-24-42(44)55-53(59)61)36-51(58-52)62-49-31-17-15-29-47(49)60-45-27-13-11-25-43(45)56-54(60)62/h1-12,14-26,28-36H,13,27H2. The number of aromatic nitrogens is 8. The van der Waals surface area contributed by atoms with Crippen molar-refractivity contribution in [3.05, 3.63) is 212 Å². The van der Waals surface area contributed by atoms with Gasteiger partial charge in [0.05, 0.1) is 44.5 Å². The van der Waals surface area contributed by atoms with Crippen molar-refractivity contribution in [2.45, 2.75) is 12.8 Å². The van der Waals surface area contributed by atoms with Crippen molar-refractivity contribution in [1.82, 2.24) is 37.9 Å². The summed E-state index contributed by atoms with van der Waals surface area (Å²) < 4.78 is 8.93. The van der Waals surface area contributed by atoms with Crippen LogP contribution in [0.3, 0.4) is 0 Å². The lowest BCUT2D eigenvalue weighted by atomic mass is 10.1. The van der Waals surface area contributed by atoms with E-state index in [1.807, 2.05) is 6.07 Å². The highest BCUT2D eigenvalue weighted by molar-refractivity contribution is 7.19. The Morgan fingerprint density at radius 2 is 0.889 bits per heavy atom. The van der Waals surface area contributed by atoms with E-state index < -0.39 is 8.07 Å². The van der Waals surface area contributed by atoms with Crippen LogP contribution < -0.4 is 20.7 Å². The van der Waals surface area contributed by atoms with Gasteiger partial charge in [0, 0.05) is 11.6 Å². The Labute approximate surface area is 363 Å². The SMILES string of the molecule is C1=Cc2nc3n(-c4cc(-n5c6ccccc6n6c7ccccc7nc56)nc(-c5ccc([Si](c6ccccc6)(c6ccccc6)c6ccccc6)cc5)n4)c4ccccc4n3c2CC1. The molecule has 5 aromatic heterocycles. The molecule has 0 fully saturated rings. The zero-order chi connectivity index (χ0) is 41.5. The van der Waals surface area contributed by atoms with Crippen LogP contribution in [-0.2, 0) is 6.42 Å². The summed E-state index contributed by atoms with van der Waals surface area (Å²) >= 11 is 0. The van der Waals surface area contributed by atoms with Crippen LogP contribution in [0.25, 0.3) is 73.8 Å². The van der Waals surface area contributed by atoms with Crippen LogP contribution >= 0.6 is 0 Å². The molecule has 1 aliphatic carbocycles. The molecule has 0 saturated heterocycles. The second-order valence-electron chi connectivity index (χ2n) is 16.2. The summed E-state index contributed by atoms with van der Waals surface area (Å²) in [7, 11) is -2.75. The molecule has 0 unspecified atom stereocenters. The lowest BCUT2D eigenvalue weighted by Crippen LogP contribution is -2.74. The monoisotopic (exact) mass is 826 g/mol. The quantitative estimate of drug-likeness (QED) is 0.119. The van der Waals surface area contributed by atoms with Gasteiger partial charge in [-0.15, -0.1) is 0 Å². The molecule has 5 heterocycles. The molecule has 0 amide bonds. The van der Waals surface area contributed by atoms with Crippen molar-refractivity contribution < 1.29 is 0 Å². The highest BCUT2D eigenvalue weighted by atomic mass is 28.3. The zero-order valence-electron chi connectivity index (χ0n) is 34.1. The van der Waals surface area contributed by atoms with E-state index in [1.54, 1.807) is 0 Å². The van der Waals surface area contributed by atoms with Gasteiger partial charge in [-0.3, -0.25) is 17.9 Å². The number of hydrogen-bond acceptors (Lipinski definition) is 4. The predicted octanol–water partition coefficient (Wildman–Crippen LogP) is 8.82. The summed E-state index contributed by atoms with van der Waals surface area (Å²) in [6.45, 7) is 0. The van der Waals surface area contributed by atoms with Crippen molar-refractivity contribution in [3.8, 4) is 23.0 Å². The van der Waals surface area contributed by atoms with E-state index >= 15 is 0 Å². The average Bonchev–Trinajstić information content (AvgIpc) is 4.09. The van der Waals surface area contributed by atoms with E-state index in [-0.39, 0.29) is 0 Å². The van der Waals surface area contributed by atoms with E-state index in [2.05, 4.69) is 218 Å². The summed E-state index contributed by atoms with van der Waals surface area (Å²) in [4.78, 5) is 21.5. The molecule has 0 radical (unpaired) electrons. The zero-order valence-corrected chi connectivity index (χ0v) is 35.1. The Bertz CT molecular complexity index is 3630. The Morgan fingerprint density at radius 1 is 0.413 bits per heavy atom. The average molecular weight is 827 g/mol. The van der Waals surface area contributed by atoms with Crippen molar-refractivity contribution in [3.63, 3.8) is 0 Å². The van der Waals surface area contributed by atoms with E-state index in [0.717, 1.165) is 74.6 Å². The number of rotatable bonds is 7. The van der Waals surface area contributed by atoms with Crippen LogP contribution in [0.4, 0.5) is 0 Å². The first kappa shape index (κ1) is 35.6. The summed E-state index contributed by atoms with van der Waals surface area (Å²) in [5.41, 5.74) is 9.30. The molecule has 0 saturated carbocycles. The third kappa shape index (κ3) is 5.26. The minimum Gasteiger partial charge on any atom is -0.280 e. The second kappa shape index (κ2) is 13.9. The number of nitrogens with zero attached hydrogens (tertiary/aromatic N) is 8. The Balaban J connectivity index is 1.08. The maximum Gasteiger partial charge on any atom is 0.221 e. The van der Waals surface area contributed by atoms with Crippen LogP contribution in [-0.4, -0.2) is 45.9 Å². The van der Waals surface area contributed by atoms with Crippen molar-refractivity contribution in [2.24, 2.45) is 0 Å². The molecule has 8 nitrogen and oxygen atoms in total. The molecule has 13 rings (SSSR count). The number of para-hydroxylation sites is 6. The highest BCUT2D eigenvalue weighted by Crippen LogP contribution is 2.34. The van der Waals surface area contributed by atoms with Crippen molar-refractivity contribution in [2.75, 3.05) is 0 Å². The fourth-order valence-corrected chi connectivity index (χ4v) is 14.9. The summed E-state index contributed by atoms with van der Waals surface area (Å²) in [5, 5.41) is 5.26. The first-order valence-corrected chi connectivity index (χ1v) is 23.5. The summed E-state index contributed by atoms with van der Waals surface area (Å²) in [5.74, 6) is 3.67. The smallest absolute Gasteiger partial charge is 0.221 e. The lowest BCUT2D eigenvalue weighted by molar-refractivity contribution is 0.918. The van der Waals surface area contributed by atoms with Crippen molar-refractivity contribution >= 4 is 79.6 Å². The molecule has 9 heteroatoms.